The van der Waals surface area contributed by atoms with Crippen LogP contribution in [0, 0.1) is 0 Å². The maximum Gasteiger partial charge on any atom is 0.0323 e. The van der Waals surface area contributed by atoms with E-state index in [2.05, 4.69) is 92.3 Å². The molecule has 0 aliphatic carbocycles. The minimum Gasteiger partial charge on any atom is -0.308 e. The fourth-order valence-electron chi connectivity index (χ4n) is 2.86. The fourth-order valence-corrected chi connectivity index (χ4v) is 2.86. The molecule has 2 aromatic carbocycles. The van der Waals surface area contributed by atoms with Crippen LogP contribution in [-0.4, -0.2) is 37.0 Å². The van der Waals surface area contributed by atoms with Crippen LogP contribution in [0.25, 0.3) is 0 Å². The Kier molecular flexibility index (Phi) is 10.1. The number of rotatable bonds is 8. The van der Waals surface area contributed by atoms with Crippen LogP contribution >= 0.6 is 0 Å². The normalized spacial score (nSPS) is 12.0. The van der Waals surface area contributed by atoms with Crippen molar-refractivity contribution in [1.82, 2.24) is 9.80 Å². The summed E-state index contributed by atoms with van der Waals surface area (Å²) in [6.45, 7) is 11.7. The zero-order chi connectivity index (χ0) is 18.7. The van der Waals surface area contributed by atoms with Gasteiger partial charge in [-0.3, -0.25) is 4.90 Å². The van der Waals surface area contributed by atoms with E-state index in [1.165, 1.54) is 16.7 Å². The van der Waals surface area contributed by atoms with Gasteiger partial charge in [-0.05, 0) is 44.1 Å². The van der Waals surface area contributed by atoms with Crippen molar-refractivity contribution >= 4 is 0 Å². The monoisotopic (exact) mass is 340 g/mol. The third kappa shape index (κ3) is 7.41. The van der Waals surface area contributed by atoms with Gasteiger partial charge in [0.15, 0.2) is 0 Å². The summed E-state index contributed by atoms with van der Waals surface area (Å²) < 4.78 is 0. The summed E-state index contributed by atoms with van der Waals surface area (Å²) in [5.41, 5.74) is 4.21. The summed E-state index contributed by atoms with van der Waals surface area (Å²) in [7, 11) is 4.28. The molecule has 1 atom stereocenters. The predicted molar refractivity (Wildman–Crippen MR) is 111 cm³/mol. The first-order chi connectivity index (χ1) is 12.1. The molecule has 0 aliphatic heterocycles. The Balaban J connectivity index is 0.00000151. The third-order valence-corrected chi connectivity index (χ3v) is 4.45. The van der Waals surface area contributed by atoms with Gasteiger partial charge < -0.3 is 4.90 Å². The van der Waals surface area contributed by atoms with Crippen LogP contribution in [0.15, 0.2) is 54.6 Å². The minimum absolute atomic E-state index is 0.418. The Bertz CT molecular complexity index is 578. The maximum absolute atomic E-state index is 2.57. The quantitative estimate of drug-likeness (QED) is 0.635. The summed E-state index contributed by atoms with van der Waals surface area (Å²) in [5.74, 6) is 0. The van der Waals surface area contributed by atoms with E-state index < -0.39 is 0 Å². The van der Waals surface area contributed by atoms with Crippen LogP contribution in [0.3, 0.4) is 0 Å². The second-order valence-electron chi connectivity index (χ2n) is 6.53. The van der Waals surface area contributed by atoms with Crippen molar-refractivity contribution in [1.29, 1.82) is 0 Å². The number of hydrogen-bond acceptors (Lipinski definition) is 2. The Morgan fingerprint density at radius 2 is 1.48 bits per heavy atom. The van der Waals surface area contributed by atoms with Gasteiger partial charge in [0.25, 0.3) is 0 Å². The van der Waals surface area contributed by atoms with Crippen molar-refractivity contribution in [2.75, 3.05) is 27.2 Å². The zero-order valence-electron chi connectivity index (χ0n) is 17.0. The molecule has 0 spiro atoms. The highest BCUT2D eigenvalue weighted by Crippen LogP contribution is 2.22. The summed E-state index contributed by atoms with van der Waals surface area (Å²) in [6.07, 6.45) is 1.10. The largest absolute Gasteiger partial charge is 0.308 e. The molecule has 0 fully saturated rings. The molecule has 0 saturated heterocycles. The number of likely N-dealkylation sites (N-methyl/N-ethyl adjacent to an activating group) is 1. The second-order valence-corrected chi connectivity index (χ2v) is 6.53. The van der Waals surface area contributed by atoms with E-state index in [9.17, 15) is 0 Å². The molecule has 0 heterocycles. The molecule has 138 valence electrons. The van der Waals surface area contributed by atoms with Crippen molar-refractivity contribution < 1.29 is 0 Å². The smallest absolute Gasteiger partial charge is 0.0323 e. The number of benzene rings is 2. The molecule has 0 N–H and O–H groups in total. The van der Waals surface area contributed by atoms with Crippen LogP contribution in [-0.2, 0) is 13.0 Å². The SMILES string of the molecule is CC.CCc1cccc(CN(CCN(C)C)[C@H](C)c2ccccc2)c1. The maximum atomic E-state index is 2.57. The fraction of sp³-hybridized carbons (Fsp3) is 0.478. The lowest BCUT2D eigenvalue weighted by atomic mass is 10.0. The van der Waals surface area contributed by atoms with E-state index in [-0.39, 0.29) is 0 Å². The molecular weight excluding hydrogens is 304 g/mol. The summed E-state index contributed by atoms with van der Waals surface area (Å²) >= 11 is 0. The summed E-state index contributed by atoms with van der Waals surface area (Å²) in [5, 5.41) is 0. The second kappa shape index (κ2) is 11.8. The van der Waals surface area contributed by atoms with Crippen molar-refractivity contribution in [2.45, 2.75) is 46.7 Å². The third-order valence-electron chi connectivity index (χ3n) is 4.45. The average Bonchev–Trinajstić information content (AvgIpc) is 2.67. The predicted octanol–water partition coefficient (Wildman–Crippen LogP) is 5.40. The number of hydrogen-bond donors (Lipinski definition) is 0. The first kappa shape index (κ1) is 21.4. The van der Waals surface area contributed by atoms with Crippen LogP contribution < -0.4 is 0 Å². The van der Waals surface area contributed by atoms with Crippen molar-refractivity contribution in [3.05, 3.63) is 71.3 Å². The Hall–Kier alpha value is -1.64. The lowest BCUT2D eigenvalue weighted by molar-refractivity contribution is 0.181. The highest BCUT2D eigenvalue weighted by Gasteiger charge is 2.16. The molecule has 0 radical (unpaired) electrons. The van der Waals surface area contributed by atoms with Crippen molar-refractivity contribution in [3.8, 4) is 0 Å². The molecular formula is C23H36N2. The molecule has 2 heteroatoms. The molecule has 0 saturated carbocycles. The van der Waals surface area contributed by atoms with Gasteiger partial charge in [-0.25, -0.2) is 0 Å². The molecule has 0 bridgehead atoms. The number of nitrogens with zero attached hydrogens (tertiary/aromatic N) is 2. The zero-order valence-corrected chi connectivity index (χ0v) is 17.0. The molecule has 0 unspecified atom stereocenters. The topological polar surface area (TPSA) is 6.48 Å². The molecule has 2 rings (SSSR count). The molecule has 2 aromatic rings. The van der Waals surface area contributed by atoms with Gasteiger partial charge in [0, 0.05) is 25.7 Å². The van der Waals surface area contributed by atoms with Gasteiger partial charge in [-0.15, -0.1) is 0 Å². The Morgan fingerprint density at radius 3 is 2.08 bits per heavy atom. The van der Waals surface area contributed by atoms with E-state index in [1.54, 1.807) is 0 Å². The lowest BCUT2D eigenvalue weighted by Gasteiger charge is -2.31. The highest BCUT2D eigenvalue weighted by molar-refractivity contribution is 5.24. The van der Waals surface area contributed by atoms with Gasteiger partial charge in [0.2, 0.25) is 0 Å². The molecule has 25 heavy (non-hydrogen) atoms. The van der Waals surface area contributed by atoms with Crippen LogP contribution in [0.1, 0.15) is 50.4 Å². The van der Waals surface area contributed by atoms with Gasteiger partial charge in [-0.1, -0.05) is 75.4 Å². The highest BCUT2D eigenvalue weighted by atomic mass is 15.2. The molecule has 0 aromatic heterocycles. The summed E-state index contributed by atoms with van der Waals surface area (Å²) in [4.78, 5) is 4.83. The van der Waals surface area contributed by atoms with Crippen LogP contribution in [0.5, 0.6) is 0 Å². The first-order valence-corrected chi connectivity index (χ1v) is 9.61. The Morgan fingerprint density at radius 1 is 0.840 bits per heavy atom. The van der Waals surface area contributed by atoms with E-state index in [1.807, 2.05) is 13.8 Å². The molecule has 0 amide bonds. The van der Waals surface area contributed by atoms with E-state index in [0.717, 1.165) is 26.1 Å². The first-order valence-electron chi connectivity index (χ1n) is 9.61. The Labute approximate surface area is 155 Å². The van der Waals surface area contributed by atoms with E-state index in [4.69, 9.17) is 0 Å². The summed E-state index contributed by atoms with van der Waals surface area (Å²) in [6, 6.07) is 20.2. The minimum atomic E-state index is 0.418. The average molecular weight is 341 g/mol. The van der Waals surface area contributed by atoms with Gasteiger partial charge in [0.05, 0.1) is 0 Å². The molecule has 0 aliphatic rings. The van der Waals surface area contributed by atoms with Gasteiger partial charge >= 0.3 is 0 Å². The van der Waals surface area contributed by atoms with E-state index in [0.29, 0.717) is 6.04 Å². The molecule has 2 nitrogen and oxygen atoms in total. The van der Waals surface area contributed by atoms with Gasteiger partial charge in [0.1, 0.15) is 0 Å². The van der Waals surface area contributed by atoms with Crippen molar-refractivity contribution in [3.63, 3.8) is 0 Å². The van der Waals surface area contributed by atoms with Crippen LogP contribution in [0.4, 0.5) is 0 Å². The number of aryl methyl sites for hydroxylation is 1. The lowest BCUT2D eigenvalue weighted by Crippen LogP contribution is -2.33. The van der Waals surface area contributed by atoms with Crippen LogP contribution in [0.2, 0.25) is 0 Å². The standard InChI is InChI=1S/C21H30N2.C2H6/c1-5-19-10-9-11-20(16-19)17-23(15-14-22(3)4)18(2)21-12-7-6-8-13-21;1-2/h6-13,16,18H,5,14-15,17H2,1-4H3;1-2H3/t18-;/m1./s1. The van der Waals surface area contributed by atoms with E-state index >= 15 is 0 Å². The van der Waals surface area contributed by atoms with Gasteiger partial charge in [-0.2, -0.15) is 0 Å². The van der Waals surface area contributed by atoms with Crippen molar-refractivity contribution in [2.24, 2.45) is 0 Å².